The molecule has 3 unspecified atom stereocenters. The largest absolute Gasteiger partial charge is 0.381 e. The molecule has 2 heteroatoms. The van der Waals surface area contributed by atoms with Crippen molar-refractivity contribution in [2.75, 3.05) is 20.7 Å². The van der Waals surface area contributed by atoms with Crippen LogP contribution < -0.4 is 0 Å². The zero-order chi connectivity index (χ0) is 12.7. The number of piperidine rings is 1. The summed E-state index contributed by atoms with van der Waals surface area (Å²) in [4.78, 5) is 2.51. The fourth-order valence-electron chi connectivity index (χ4n) is 2.62. The molecule has 0 aliphatic carbocycles. The van der Waals surface area contributed by atoms with Gasteiger partial charge in [-0.15, -0.1) is 0 Å². The number of hydrogen-bond acceptors (Lipinski definition) is 2. The van der Waals surface area contributed by atoms with E-state index >= 15 is 0 Å². The van der Waals surface area contributed by atoms with Crippen molar-refractivity contribution in [3.05, 3.63) is 0 Å². The van der Waals surface area contributed by atoms with Crippen molar-refractivity contribution < 1.29 is 4.74 Å². The molecule has 1 aliphatic heterocycles. The van der Waals surface area contributed by atoms with E-state index in [2.05, 4.69) is 32.7 Å². The molecule has 1 heterocycles. The van der Waals surface area contributed by atoms with Gasteiger partial charge in [-0.25, -0.2) is 0 Å². The Labute approximate surface area is 102 Å². The Morgan fingerprint density at radius 2 is 1.69 bits per heavy atom. The molecule has 1 aliphatic rings. The number of likely N-dealkylation sites (tertiary alicyclic amines) is 1. The molecule has 0 aromatic heterocycles. The van der Waals surface area contributed by atoms with E-state index in [1.54, 1.807) is 0 Å². The lowest BCUT2D eigenvalue weighted by atomic mass is 9.85. The van der Waals surface area contributed by atoms with Gasteiger partial charge in [-0.3, -0.25) is 0 Å². The smallest absolute Gasteiger partial charge is 0.0583 e. The van der Waals surface area contributed by atoms with E-state index in [0.29, 0.717) is 6.10 Å². The quantitative estimate of drug-likeness (QED) is 0.735. The van der Waals surface area contributed by atoms with Crippen LogP contribution in [0.4, 0.5) is 0 Å². The molecular formula is C14H31NO. The lowest BCUT2D eigenvalue weighted by Gasteiger charge is -2.41. The average Bonchev–Trinajstić information content (AvgIpc) is 2.30. The highest BCUT2D eigenvalue weighted by atomic mass is 16.5. The maximum atomic E-state index is 5.41. The lowest BCUT2D eigenvalue weighted by Crippen LogP contribution is -2.46. The van der Waals surface area contributed by atoms with Crippen molar-refractivity contribution in [2.24, 2.45) is 11.8 Å². The zero-order valence-electron chi connectivity index (χ0n) is 12.3. The molecule has 0 aromatic carbocycles. The van der Waals surface area contributed by atoms with Gasteiger partial charge in [0, 0.05) is 19.7 Å². The fourth-order valence-corrected chi connectivity index (χ4v) is 2.62. The fraction of sp³-hybridized carbons (Fsp3) is 1.00. The predicted octanol–water partition coefficient (Wildman–Crippen LogP) is 3.41. The van der Waals surface area contributed by atoms with Gasteiger partial charge in [-0.05, 0) is 38.6 Å². The van der Waals surface area contributed by atoms with E-state index in [4.69, 9.17) is 4.74 Å². The molecule has 0 bridgehead atoms. The number of hydrogen-bond donors (Lipinski definition) is 0. The van der Waals surface area contributed by atoms with E-state index < -0.39 is 0 Å². The van der Waals surface area contributed by atoms with Crippen molar-refractivity contribution in [2.45, 2.75) is 59.6 Å². The average molecular weight is 229 g/mol. The second-order valence-corrected chi connectivity index (χ2v) is 5.03. The van der Waals surface area contributed by atoms with Gasteiger partial charge in [-0.2, -0.15) is 0 Å². The third-order valence-electron chi connectivity index (χ3n) is 3.73. The Morgan fingerprint density at radius 1 is 1.12 bits per heavy atom. The maximum absolute atomic E-state index is 5.41. The minimum Gasteiger partial charge on any atom is -0.381 e. The van der Waals surface area contributed by atoms with Crippen LogP contribution in [0.25, 0.3) is 0 Å². The molecule has 2 nitrogen and oxygen atoms in total. The van der Waals surface area contributed by atoms with Gasteiger partial charge in [0.1, 0.15) is 0 Å². The van der Waals surface area contributed by atoms with Gasteiger partial charge in [0.25, 0.3) is 0 Å². The SMILES string of the molecule is CC.COC(C)C1CCC(C(C)C)N(C)C1. The highest BCUT2D eigenvalue weighted by Gasteiger charge is 2.30. The summed E-state index contributed by atoms with van der Waals surface area (Å²) >= 11 is 0. The predicted molar refractivity (Wildman–Crippen MR) is 71.8 cm³/mol. The Kier molecular flexibility index (Phi) is 8.04. The minimum atomic E-state index is 0.408. The summed E-state index contributed by atoms with van der Waals surface area (Å²) in [5, 5.41) is 0. The van der Waals surface area contributed by atoms with Gasteiger partial charge >= 0.3 is 0 Å². The minimum absolute atomic E-state index is 0.408. The first kappa shape index (κ1) is 15.9. The second-order valence-electron chi connectivity index (χ2n) is 5.03. The molecule has 1 fully saturated rings. The topological polar surface area (TPSA) is 12.5 Å². The van der Waals surface area contributed by atoms with Crippen molar-refractivity contribution >= 4 is 0 Å². The van der Waals surface area contributed by atoms with Gasteiger partial charge in [0.05, 0.1) is 6.10 Å². The maximum Gasteiger partial charge on any atom is 0.0583 e. The van der Waals surface area contributed by atoms with E-state index in [9.17, 15) is 0 Å². The summed E-state index contributed by atoms with van der Waals surface area (Å²) in [6, 6.07) is 0.773. The van der Waals surface area contributed by atoms with Crippen LogP contribution >= 0.6 is 0 Å². The first-order chi connectivity index (χ1) is 7.56. The molecule has 0 N–H and O–H groups in total. The van der Waals surface area contributed by atoms with E-state index in [0.717, 1.165) is 17.9 Å². The van der Waals surface area contributed by atoms with Crippen LogP contribution in [0, 0.1) is 11.8 Å². The molecule has 98 valence electrons. The van der Waals surface area contributed by atoms with Crippen molar-refractivity contribution in [1.82, 2.24) is 4.90 Å². The number of methoxy groups -OCH3 is 1. The van der Waals surface area contributed by atoms with Crippen molar-refractivity contribution in [1.29, 1.82) is 0 Å². The zero-order valence-corrected chi connectivity index (χ0v) is 12.3. The number of ether oxygens (including phenoxy) is 1. The van der Waals surface area contributed by atoms with E-state index in [-0.39, 0.29) is 0 Å². The lowest BCUT2D eigenvalue weighted by molar-refractivity contribution is 0.00883. The summed E-state index contributed by atoms with van der Waals surface area (Å²) in [5.74, 6) is 1.50. The Bertz CT molecular complexity index is 170. The van der Waals surface area contributed by atoms with Gasteiger partial charge in [0.2, 0.25) is 0 Å². The molecule has 0 saturated carbocycles. The molecule has 1 rings (SSSR count). The molecule has 0 spiro atoms. The van der Waals surface area contributed by atoms with Gasteiger partial charge in [0.15, 0.2) is 0 Å². The molecule has 16 heavy (non-hydrogen) atoms. The van der Waals surface area contributed by atoms with Crippen LogP contribution in [-0.2, 0) is 4.74 Å². The summed E-state index contributed by atoms with van der Waals surface area (Å²) in [7, 11) is 4.07. The Balaban J connectivity index is 0.00000106. The number of rotatable bonds is 3. The molecule has 1 saturated heterocycles. The summed E-state index contributed by atoms with van der Waals surface area (Å²) in [6.45, 7) is 12.0. The van der Waals surface area contributed by atoms with E-state index in [1.807, 2.05) is 21.0 Å². The van der Waals surface area contributed by atoms with Gasteiger partial charge in [-0.1, -0.05) is 27.7 Å². The Hall–Kier alpha value is -0.0800. The van der Waals surface area contributed by atoms with Crippen LogP contribution in [0.1, 0.15) is 47.5 Å². The van der Waals surface area contributed by atoms with Crippen molar-refractivity contribution in [3.8, 4) is 0 Å². The van der Waals surface area contributed by atoms with Crippen LogP contribution in [0.5, 0.6) is 0 Å². The highest BCUT2D eigenvalue weighted by molar-refractivity contribution is 4.83. The number of nitrogens with zero attached hydrogens (tertiary/aromatic N) is 1. The van der Waals surface area contributed by atoms with Crippen LogP contribution in [0.15, 0.2) is 0 Å². The van der Waals surface area contributed by atoms with Crippen LogP contribution in [0.3, 0.4) is 0 Å². The monoisotopic (exact) mass is 229 g/mol. The second kappa shape index (κ2) is 8.08. The summed E-state index contributed by atoms with van der Waals surface area (Å²) < 4.78 is 5.41. The standard InChI is InChI=1S/C12H25NO.C2H6/c1-9(2)12-7-6-11(8-13(12)4)10(3)14-5;1-2/h9-12H,6-8H2,1-5H3;1-2H3. The molecule has 0 amide bonds. The normalized spacial score (nSPS) is 28.5. The molecule has 3 atom stereocenters. The summed E-state index contributed by atoms with van der Waals surface area (Å²) in [6.07, 6.45) is 3.06. The highest BCUT2D eigenvalue weighted by Crippen LogP contribution is 2.27. The van der Waals surface area contributed by atoms with E-state index in [1.165, 1.54) is 19.4 Å². The van der Waals surface area contributed by atoms with Crippen LogP contribution in [0.2, 0.25) is 0 Å². The summed E-state index contributed by atoms with van der Waals surface area (Å²) in [5.41, 5.74) is 0. The third kappa shape index (κ3) is 4.42. The van der Waals surface area contributed by atoms with Crippen LogP contribution in [-0.4, -0.2) is 37.7 Å². The Morgan fingerprint density at radius 3 is 2.06 bits per heavy atom. The third-order valence-corrected chi connectivity index (χ3v) is 3.73. The molecule has 0 radical (unpaired) electrons. The van der Waals surface area contributed by atoms with Gasteiger partial charge < -0.3 is 9.64 Å². The first-order valence-electron chi connectivity index (χ1n) is 6.79. The molecular weight excluding hydrogens is 198 g/mol. The first-order valence-corrected chi connectivity index (χ1v) is 6.79. The van der Waals surface area contributed by atoms with Crippen molar-refractivity contribution in [3.63, 3.8) is 0 Å². The molecule has 0 aromatic rings.